The molecule has 0 saturated heterocycles. The average Bonchev–Trinajstić information content (AvgIpc) is 2.66. The van der Waals surface area contributed by atoms with Crippen molar-refractivity contribution in [1.82, 2.24) is 4.90 Å². The van der Waals surface area contributed by atoms with Gasteiger partial charge in [0.15, 0.2) is 0 Å². The minimum absolute atomic E-state index is 0.970. The number of halogens is 1. The van der Waals surface area contributed by atoms with E-state index >= 15 is 0 Å². The van der Waals surface area contributed by atoms with E-state index in [-0.39, 0.29) is 0 Å². The first kappa shape index (κ1) is 13.3. The molecule has 1 rings (SSSR count). The van der Waals surface area contributed by atoms with Crippen molar-refractivity contribution in [2.45, 2.75) is 6.92 Å². The smallest absolute Gasteiger partial charge is 0.0597 e. The van der Waals surface area contributed by atoms with Gasteiger partial charge in [-0.1, -0.05) is 19.2 Å². The molecule has 0 unspecified atom stereocenters. The lowest BCUT2D eigenvalue weighted by Crippen LogP contribution is -2.14. The number of likely N-dealkylation sites (N-methyl/N-ethyl adjacent to an activating group) is 1. The summed E-state index contributed by atoms with van der Waals surface area (Å²) in [6, 6.07) is 0. The number of rotatable bonds is 3. The monoisotopic (exact) mass is 325 g/mol. The van der Waals surface area contributed by atoms with E-state index in [2.05, 4.69) is 59.2 Å². The zero-order valence-corrected chi connectivity index (χ0v) is 12.0. The molecule has 0 atom stereocenters. The van der Waals surface area contributed by atoms with Gasteiger partial charge in [0, 0.05) is 13.1 Å². The molecule has 1 aliphatic heterocycles. The molecule has 16 heavy (non-hydrogen) atoms. The molecule has 0 N–H and O–H groups in total. The topological polar surface area (TPSA) is 3.24 Å². The van der Waals surface area contributed by atoms with Gasteiger partial charge < -0.3 is 0 Å². The summed E-state index contributed by atoms with van der Waals surface area (Å²) in [6.07, 6.45) is 3.86. The number of nitrogens with zero attached hydrogens (tertiary/aromatic N) is 1. The summed E-state index contributed by atoms with van der Waals surface area (Å²) in [5, 5.41) is 0. The quantitative estimate of drug-likeness (QED) is 0.435. The van der Waals surface area contributed by atoms with Gasteiger partial charge in [-0.25, -0.2) is 0 Å². The van der Waals surface area contributed by atoms with E-state index in [0.29, 0.717) is 0 Å². The van der Waals surface area contributed by atoms with Crippen molar-refractivity contribution in [3.8, 4) is 0 Å². The van der Waals surface area contributed by atoms with Crippen molar-refractivity contribution in [3.63, 3.8) is 0 Å². The van der Waals surface area contributed by atoms with Gasteiger partial charge in [-0.2, -0.15) is 0 Å². The van der Waals surface area contributed by atoms with Crippen LogP contribution in [0.1, 0.15) is 6.92 Å². The Morgan fingerprint density at radius 2 is 2.19 bits per heavy atom. The van der Waals surface area contributed by atoms with Crippen molar-refractivity contribution < 1.29 is 0 Å². The fraction of sp³-hybridized carbons (Fsp3) is 0.286. The van der Waals surface area contributed by atoms with E-state index in [4.69, 9.17) is 0 Å². The van der Waals surface area contributed by atoms with Crippen LogP contribution in [0.25, 0.3) is 0 Å². The first-order valence-corrected chi connectivity index (χ1v) is 6.18. The lowest BCUT2D eigenvalue weighted by atomic mass is 10.1. The predicted octanol–water partition coefficient (Wildman–Crippen LogP) is 3.62. The number of allylic oxidation sites excluding steroid dienone is 1. The standard InChI is InChI=1S/C14H16IN/c1-5-11(3)7-8-14(15)13-10-16(4)9-12(13)6-2/h6-7H,1-2,9-10H2,3-4H3. The molecule has 84 valence electrons. The van der Waals surface area contributed by atoms with Crippen LogP contribution >= 0.6 is 22.6 Å². The predicted molar refractivity (Wildman–Crippen MR) is 78.7 cm³/mol. The summed E-state index contributed by atoms with van der Waals surface area (Å²) in [4.78, 5) is 2.27. The van der Waals surface area contributed by atoms with Gasteiger partial charge in [-0.15, -0.1) is 11.5 Å². The summed E-state index contributed by atoms with van der Waals surface area (Å²) in [5.74, 6) is 0. The molecule has 0 fully saturated rings. The molecule has 0 aromatic rings. The Morgan fingerprint density at radius 1 is 1.50 bits per heavy atom. The van der Waals surface area contributed by atoms with Crippen LogP contribution in [0.2, 0.25) is 0 Å². The third kappa shape index (κ3) is 3.36. The largest absolute Gasteiger partial charge is 0.298 e. The minimum atomic E-state index is 0.970. The molecule has 0 bridgehead atoms. The van der Waals surface area contributed by atoms with Crippen LogP contribution in [-0.2, 0) is 0 Å². The SMILES string of the molecule is C=C=C(C)C=C=C(I)C1=C(C=C)CN(C)C1. The van der Waals surface area contributed by atoms with Crippen LogP contribution in [-0.4, -0.2) is 25.0 Å². The highest BCUT2D eigenvalue weighted by atomic mass is 127. The Kier molecular flexibility index (Phi) is 5.04. The third-order valence-corrected chi connectivity index (χ3v) is 3.42. The van der Waals surface area contributed by atoms with Crippen molar-refractivity contribution >= 4 is 22.6 Å². The summed E-state index contributed by atoms with van der Waals surface area (Å²) < 4.78 is 1.14. The second kappa shape index (κ2) is 6.07. The van der Waals surface area contributed by atoms with Gasteiger partial charge in [-0.3, -0.25) is 4.90 Å². The van der Waals surface area contributed by atoms with Crippen LogP contribution in [0.3, 0.4) is 0 Å². The molecule has 1 heterocycles. The summed E-state index contributed by atoms with van der Waals surface area (Å²) in [5.41, 5.74) is 9.72. The lowest BCUT2D eigenvalue weighted by molar-refractivity contribution is 0.428. The zero-order chi connectivity index (χ0) is 12.1. The van der Waals surface area contributed by atoms with Crippen molar-refractivity contribution in [2.24, 2.45) is 0 Å². The van der Waals surface area contributed by atoms with E-state index in [1.165, 1.54) is 11.1 Å². The van der Waals surface area contributed by atoms with E-state index in [1.54, 1.807) is 0 Å². The maximum Gasteiger partial charge on any atom is 0.0597 e. The van der Waals surface area contributed by atoms with Crippen LogP contribution in [0.4, 0.5) is 0 Å². The van der Waals surface area contributed by atoms with Gasteiger partial charge in [-0.05, 0) is 59.4 Å². The molecule has 0 amide bonds. The Hall–Kier alpha value is -0.790. The molecule has 0 aliphatic carbocycles. The normalized spacial score (nSPS) is 15.4. The van der Waals surface area contributed by atoms with Gasteiger partial charge in [0.25, 0.3) is 0 Å². The fourth-order valence-electron chi connectivity index (χ4n) is 1.52. The molecule has 0 saturated carbocycles. The van der Waals surface area contributed by atoms with E-state index in [1.807, 2.05) is 19.1 Å². The molecule has 0 aromatic carbocycles. The first-order valence-electron chi connectivity index (χ1n) is 5.10. The van der Waals surface area contributed by atoms with Gasteiger partial charge >= 0.3 is 0 Å². The van der Waals surface area contributed by atoms with E-state index in [9.17, 15) is 0 Å². The molecule has 0 spiro atoms. The average molecular weight is 325 g/mol. The minimum Gasteiger partial charge on any atom is -0.298 e. The Labute approximate surface area is 111 Å². The molecule has 2 heteroatoms. The molecule has 1 aliphatic rings. The molecular weight excluding hydrogens is 309 g/mol. The number of hydrogen-bond donors (Lipinski definition) is 0. The highest BCUT2D eigenvalue weighted by Crippen LogP contribution is 2.27. The molecular formula is C14H16IN. The van der Waals surface area contributed by atoms with Gasteiger partial charge in [0.1, 0.15) is 0 Å². The van der Waals surface area contributed by atoms with Crippen LogP contribution in [0.5, 0.6) is 0 Å². The number of hydrogen-bond acceptors (Lipinski definition) is 1. The molecule has 0 radical (unpaired) electrons. The van der Waals surface area contributed by atoms with Crippen LogP contribution in [0, 0.1) is 0 Å². The van der Waals surface area contributed by atoms with Crippen LogP contribution < -0.4 is 0 Å². The maximum absolute atomic E-state index is 3.85. The lowest BCUT2D eigenvalue weighted by Gasteiger charge is -2.05. The van der Waals surface area contributed by atoms with Gasteiger partial charge in [0.2, 0.25) is 0 Å². The summed E-state index contributed by atoms with van der Waals surface area (Å²) >= 11 is 2.32. The highest BCUT2D eigenvalue weighted by Gasteiger charge is 2.18. The van der Waals surface area contributed by atoms with Crippen molar-refractivity contribution in [2.75, 3.05) is 20.1 Å². The van der Waals surface area contributed by atoms with E-state index in [0.717, 1.165) is 22.2 Å². The second-order valence-corrected chi connectivity index (χ2v) is 4.92. The Balaban J connectivity index is 3.06. The van der Waals surface area contributed by atoms with Crippen molar-refractivity contribution in [3.05, 3.63) is 57.1 Å². The van der Waals surface area contributed by atoms with Crippen LogP contribution in [0.15, 0.2) is 57.1 Å². The fourth-order valence-corrected chi connectivity index (χ4v) is 2.19. The summed E-state index contributed by atoms with van der Waals surface area (Å²) in [7, 11) is 2.11. The Morgan fingerprint density at radius 3 is 2.75 bits per heavy atom. The highest BCUT2D eigenvalue weighted by molar-refractivity contribution is 14.1. The first-order chi connectivity index (χ1) is 7.58. The second-order valence-electron chi connectivity index (χ2n) is 3.84. The van der Waals surface area contributed by atoms with Crippen molar-refractivity contribution in [1.29, 1.82) is 0 Å². The molecule has 1 nitrogen and oxygen atoms in total. The Bertz CT molecular complexity index is 441. The van der Waals surface area contributed by atoms with Gasteiger partial charge in [0.05, 0.1) is 3.58 Å². The third-order valence-electron chi connectivity index (χ3n) is 2.46. The summed E-state index contributed by atoms with van der Waals surface area (Å²) in [6.45, 7) is 11.4. The zero-order valence-electron chi connectivity index (χ0n) is 9.81. The van der Waals surface area contributed by atoms with E-state index < -0.39 is 0 Å². The molecule has 0 aromatic heterocycles. The maximum atomic E-state index is 3.85.